The van der Waals surface area contributed by atoms with Crippen LogP contribution in [0.4, 0.5) is 0 Å². The molecule has 0 unspecified atom stereocenters. The summed E-state index contributed by atoms with van der Waals surface area (Å²) in [6, 6.07) is 0. The SMILES string of the molecule is CCCCCCCCCCCCCCCCCCOCCOCCOCCOCCOCCOCCOCCCCCC. The van der Waals surface area contributed by atoms with Gasteiger partial charge in [0.15, 0.2) is 0 Å². The largest absolute Gasteiger partial charge is 0.379 e. The zero-order valence-corrected chi connectivity index (χ0v) is 28.9. The Morgan fingerprint density at radius 2 is 0.349 bits per heavy atom. The van der Waals surface area contributed by atoms with E-state index >= 15 is 0 Å². The highest BCUT2D eigenvalue weighted by atomic mass is 16.6. The number of hydrogen-bond acceptors (Lipinski definition) is 7. The minimum Gasteiger partial charge on any atom is -0.379 e. The summed E-state index contributed by atoms with van der Waals surface area (Å²) in [6.45, 7) is 13.4. The van der Waals surface area contributed by atoms with Crippen LogP contribution in [0.5, 0.6) is 0 Å². The summed E-state index contributed by atoms with van der Waals surface area (Å²) in [4.78, 5) is 0. The highest BCUT2D eigenvalue weighted by molar-refractivity contribution is 4.50. The van der Waals surface area contributed by atoms with Crippen LogP contribution in [-0.4, -0.2) is 92.5 Å². The van der Waals surface area contributed by atoms with E-state index in [1.54, 1.807) is 0 Å². The summed E-state index contributed by atoms with van der Waals surface area (Å²) in [5, 5.41) is 0. The minimum absolute atomic E-state index is 0.567. The van der Waals surface area contributed by atoms with Crippen LogP contribution in [0.15, 0.2) is 0 Å². The molecule has 0 spiro atoms. The maximum Gasteiger partial charge on any atom is 0.0701 e. The Balaban J connectivity index is 3.02. The first kappa shape index (κ1) is 42.7. The van der Waals surface area contributed by atoms with Gasteiger partial charge in [0.25, 0.3) is 0 Å². The van der Waals surface area contributed by atoms with Gasteiger partial charge in [0.05, 0.1) is 79.3 Å². The molecule has 260 valence electrons. The van der Waals surface area contributed by atoms with E-state index in [4.69, 9.17) is 33.2 Å². The van der Waals surface area contributed by atoms with Crippen LogP contribution in [0.1, 0.15) is 142 Å². The van der Waals surface area contributed by atoms with Gasteiger partial charge in [-0.2, -0.15) is 0 Å². The number of unbranched alkanes of at least 4 members (excludes halogenated alkanes) is 18. The second-order valence-electron chi connectivity index (χ2n) is 11.7. The third-order valence-electron chi connectivity index (χ3n) is 7.52. The number of hydrogen-bond donors (Lipinski definition) is 0. The molecule has 7 nitrogen and oxygen atoms in total. The van der Waals surface area contributed by atoms with Gasteiger partial charge in [0.2, 0.25) is 0 Å². The highest BCUT2D eigenvalue weighted by Crippen LogP contribution is 2.13. The molecule has 0 rings (SSSR count). The Morgan fingerprint density at radius 3 is 0.581 bits per heavy atom. The van der Waals surface area contributed by atoms with Crippen LogP contribution < -0.4 is 0 Å². The van der Waals surface area contributed by atoms with Crippen molar-refractivity contribution in [2.24, 2.45) is 0 Å². The topological polar surface area (TPSA) is 64.6 Å². The maximum absolute atomic E-state index is 5.69. The second-order valence-corrected chi connectivity index (χ2v) is 11.7. The molecule has 0 fully saturated rings. The average Bonchev–Trinajstić information content (AvgIpc) is 3.02. The van der Waals surface area contributed by atoms with Crippen molar-refractivity contribution in [1.82, 2.24) is 0 Å². The summed E-state index contributed by atoms with van der Waals surface area (Å²) in [6.07, 6.45) is 27.3. The lowest BCUT2D eigenvalue weighted by Crippen LogP contribution is -2.14. The Labute approximate surface area is 267 Å². The highest BCUT2D eigenvalue weighted by Gasteiger charge is 1.97. The number of ether oxygens (including phenoxy) is 7. The molecule has 7 heteroatoms. The van der Waals surface area contributed by atoms with Gasteiger partial charge >= 0.3 is 0 Å². The molecule has 0 saturated carbocycles. The molecule has 0 N–H and O–H groups in total. The molecule has 0 bridgehead atoms. The van der Waals surface area contributed by atoms with Crippen molar-refractivity contribution in [3.8, 4) is 0 Å². The average molecular weight is 619 g/mol. The van der Waals surface area contributed by atoms with E-state index in [1.165, 1.54) is 116 Å². The quantitative estimate of drug-likeness (QED) is 0.0635. The monoisotopic (exact) mass is 619 g/mol. The molecule has 0 aliphatic heterocycles. The normalized spacial score (nSPS) is 11.6. The van der Waals surface area contributed by atoms with Gasteiger partial charge in [-0.25, -0.2) is 0 Å². The van der Waals surface area contributed by atoms with Crippen molar-refractivity contribution < 1.29 is 33.2 Å². The van der Waals surface area contributed by atoms with Crippen molar-refractivity contribution >= 4 is 0 Å². The van der Waals surface area contributed by atoms with E-state index in [0.29, 0.717) is 79.3 Å². The molecule has 0 aromatic carbocycles. The van der Waals surface area contributed by atoms with E-state index in [2.05, 4.69) is 13.8 Å². The van der Waals surface area contributed by atoms with Gasteiger partial charge in [-0.15, -0.1) is 0 Å². The van der Waals surface area contributed by atoms with Gasteiger partial charge in [0, 0.05) is 13.2 Å². The first-order chi connectivity index (χ1) is 21.4. The minimum atomic E-state index is 0.567. The van der Waals surface area contributed by atoms with Crippen LogP contribution in [0.3, 0.4) is 0 Å². The molecule has 0 aliphatic carbocycles. The molecule has 0 atom stereocenters. The molecule has 43 heavy (non-hydrogen) atoms. The lowest BCUT2D eigenvalue weighted by atomic mass is 10.0. The van der Waals surface area contributed by atoms with Crippen molar-refractivity contribution in [2.45, 2.75) is 142 Å². The fourth-order valence-corrected chi connectivity index (χ4v) is 4.80. The maximum atomic E-state index is 5.69. The van der Waals surface area contributed by atoms with E-state index in [9.17, 15) is 0 Å². The summed E-state index contributed by atoms with van der Waals surface area (Å²) >= 11 is 0. The van der Waals surface area contributed by atoms with Gasteiger partial charge in [-0.1, -0.05) is 129 Å². The van der Waals surface area contributed by atoms with Crippen LogP contribution in [0.2, 0.25) is 0 Å². The van der Waals surface area contributed by atoms with E-state index in [1.807, 2.05) is 0 Å². The predicted octanol–water partition coefficient (Wildman–Crippen LogP) is 8.94. The Kier molecular flexibility index (Phi) is 41.4. The molecule has 0 aromatic rings. The molecule has 0 aromatic heterocycles. The van der Waals surface area contributed by atoms with E-state index in [0.717, 1.165) is 26.1 Å². The summed E-state index contributed by atoms with van der Waals surface area (Å²) in [7, 11) is 0. The van der Waals surface area contributed by atoms with Crippen LogP contribution in [0.25, 0.3) is 0 Å². The molecule has 0 aliphatic rings. The third kappa shape index (κ3) is 41.7. The Bertz CT molecular complexity index is 427. The lowest BCUT2D eigenvalue weighted by Gasteiger charge is -2.08. The third-order valence-corrected chi connectivity index (χ3v) is 7.52. The van der Waals surface area contributed by atoms with Crippen LogP contribution >= 0.6 is 0 Å². The smallest absolute Gasteiger partial charge is 0.0701 e. The van der Waals surface area contributed by atoms with Crippen LogP contribution in [-0.2, 0) is 33.2 Å². The molecule has 0 radical (unpaired) electrons. The van der Waals surface area contributed by atoms with Gasteiger partial charge < -0.3 is 33.2 Å². The lowest BCUT2D eigenvalue weighted by molar-refractivity contribution is -0.0206. The van der Waals surface area contributed by atoms with Crippen molar-refractivity contribution in [3.63, 3.8) is 0 Å². The zero-order valence-electron chi connectivity index (χ0n) is 28.9. The van der Waals surface area contributed by atoms with Crippen molar-refractivity contribution in [3.05, 3.63) is 0 Å². The summed E-state index contributed by atoms with van der Waals surface area (Å²) in [5.74, 6) is 0. The standard InChI is InChI=1S/C36H74O7/c1-3-5-7-9-10-11-12-13-14-15-16-17-18-19-20-22-24-38-26-28-40-30-32-42-34-36-43-35-33-41-31-29-39-27-25-37-23-21-8-6-4-2/h3-36H2,1-2H3. The van der Waals surface area contributed by atoms with E-state index in [-0.39, 0.29) is 0 Å². The number of rotatable bonds is 40. The fraction of sp³-hybridized carbons (Fsp3) is 1.00. The molecular weight excluding hydrogens is 544 g/mol. The fourth-order valence-electron chi connectivity index (χ4n) is 4.80. The first-order valence-electron chi connectivity index (χ1n) is 18.5. The predicted molar refractivity (Wildman–Crippen MR) is 179 cm³/mol. The summed E-state index contributed by atoms with van der Waals surface area (Å²) < 4.78 is 38.8. The van der Waals surface area contributed by atoms with Gasteiger partial charge in [0.1, 0.15) is 0 Å². The Morgan fingerprint density at radius 1 is 0.186 bits per heavy atom. The molecule has 0 heterocycles. The van der Waals surface area contributed by atoms with E-state index < -0.39 is 0 Å². The molecule has 0 saturated heterocycles. The van der Waals surface area contributed by atoms with Crippen molar-refractivity contribution in [2.75, 3.05) is 92.5 Å². The zero-order chi connectivity index (χ0) is 31.0. The molecular formula is C36H74O7. The summed E-state index contributed by atoms with van der Waals surface area (Å²) in [5.41, 5.74) is 0. The van der Waals surface area contributed by atoms with Crippen LogP contribution in [0, 0.1) is 0 Å². The van der Waals surface area contributed by atoms with Gasteiger partial charge in [-0.3, -0.25) is 0 Å². The first-order valence-corrected chi connectivity index (χ1v) is 18.5. The van der Waals surface area contributed by atoms with Crippen molar-refractivity contribution in [1.29, 1.82) is 0 Å². The second kappa shape index (κ2) is 41.7. The van der Waals surface area contributed by atoms with Gasteiger partial charge in [-0.05, 0) is 12.8 Å². The molecule has 0 amide bonds. The Hall–Kier alpha value is -0.280.